The van der Waals surface area contributed by atoms with Gasteiger partial charge in [0.05, 0.1) is 29.5 Å². The third-order valence-electron chi connectivity index (χ3n) is 6.62. The molecular formula is C27H29ClN4O. The van der Waals surface area contributed by atoms with Gasteiger partial charge in [0.1, 0.15) is 5.82 Å². The SMILES string of the molecule is CC(C)n1c([C@@H]2CCCN2C(=O)C[C@@H](c2ccc(Cl)cc2)n2cccc2)nc2ccccc21. The van der Waals surface area contributed by atoms with Crippen molar-refractivity contribution >= 4 is 28.5 Å². The third-order valence-corrected chi connectivity index (χ3v) is 6.87. The molecule has 0 N–H and O–H groups in total. The lowest BCUT2D eigenvalue weighted by Gasteiger charge is -2.28. The average molecular weight is 461 g/mol. The summed E-state index contributed by atoms with van der Waals surface area (Å²) in [6.45, 7) is 5.13. The van der Waals surface area contributed by atoms with Crippen LogP contribution < -0.4 is 0 Å². The normalized spacial score (nSPS) is 17.2. The van der Waals surface area contributed by atoms with Crippen LogP contribution in [-0.4, -0.2) is 31.5 Å². The Kier molecular flexibility index (Phi) is 5.98. The molecule has 2 aromatic carbocycles. The van der Waals surface area contributed by atoms with Crippen molar-refractivity contribution in [3.8, 4) is 0 Å². The molecule has 33 heavy (non-hydrogen) atoms. The number of amides is 1. The van der Waals surface area contributed by atoms with Gasteiger partial charge < -0.3 is 14.0 Å². The number of likely N-dealkylation sites (tertiary alicyclic amines) is 1. The highest BCUT2D eigenvalue weighted by atomic mass is 35.5. The third kappa shape index (κ3) is 4.18. The minimum absolute atomic E-state index is 0.00262. The van der Waals surface area contributed by atoms with Gasteiger partial charge in [-0.2, -0.15) is 0 Å². The number of hydrogen-bond donors (Lipinski definition) is 0. The van der Waals surface area contributed by atoms with Gasteiger partial charge in [-0.3, -0.25) is 4.79 Å². The maximum atomic E-state index is 13.7. The molecule has 1 amide bonds. The van der Waals surface area contributed by atoms with Crippen LogP contribution in [0.2, 0.25) is 5.02 Å². The van der Waals surface area contributed by atoms with Crippen LogP contribution >= 0.6 is 11.6 Å². The van der Waals surface area contributed by atoms with Crippen molar-refractivity contribution in [1.29, 1.82) is 0 Å². The molecule has 0 radical (unpaired) electrons. The number of hydrogen-bond acceptors (Lipinski definition) is 2. The summed E-state index contributed by atoms with van der Waals surface area (Å²) >= 11 is 6.12. The number of fused-ring (bicyclic) bond motifs is 1. The van der Waals surface area contributed by atoms with Crippen LogP contribution in [0.5, 0.6) is 0 Å². The van der Waals surface area contributed by atoms with Crippen molar-refractivity contribution in [1.82, 2.24) is 19.0 Å². The van der Waals surface area contributed by atoms with Gasteiger partial charge in [0.2, 0.25) is 5.91 Å². The van der Waals surface area contributed by atoms with Crippen LogP contribution in [0.15, 0.2) is 73.1 Å². The predicted octanol–water partition coefficient (Wildman–Crippen LogP) is 6.42. The quantitative estimate of drug-likeness (QED) is 0.333. The molecular weight excluding hydrogens is 432 g/mol. The molecule has 1 saturated heterocycles. The highest BCUT2D eigenvalue weighted by molar-refractivity contribution is 6.30. The van der Waals surface area contributed by atoms with E-state index in [9.17, 15) is 4.79 Å². The summed E-state index contributed by atoms with van der Waals surface area (Å²) in [5.74, 6) is 1.16. The van der Waals surface area contributed by atoms with Crippen molar-refractivity contribution in [2.75, 3.05) is 6.54 Å². The number of nitrogens with zero attached hydrogens (tertiary/aromatic N) is 4. The fourth-order valence-electron chi connectivity index (χ4n) is 5.09. The van der Waals surface area contributed by atoms with Crippen LogP contribution in [0, 0.1) is 0 Å². The zero-order valence-corrected chi connectivity index (χ0v) is 19.8. The highest BCUT2D eigenvalue weighted by Crippen LogP contribution is 2.36. The Balaban J connectivity index is 1.46. The summed E-state index contributed by atoms with van der Waals surface area (Å²) in [7, 11) is 0. The van der Waals surface area contributed by atoms with Crippen molar-refractivity contribution < 1.29 is 4.79 Å². The van der Waals surface area contributed by atoms with Crippen molar-refractivity contribution in [3.05, 3.63) is 89.5 Å². The monoisotopic (exact) mass is 460 g/mol. The summed E-state index contributed by atoms with van der Waals surface area (Å²) in [6, 6.07) is 20.3. The molecule has 0 bridgehead atoms. The van der Waals surface area contributed by atoms with Gasteiger partial charge in [0.15, 0.2) is 0 Å². The maximum absolute atomic E-state index is 13.7. The zero-order valence-electron chi connectivity index (χ0n) is 19.1. The number of carbonyl (C=O) groups is 1. The molecule has 0 unspecified atom stereocenters. The number of rotatable bonds is 6. The Morgan fingerprint density at radius 1 is 1.06 bits per heavy atom. The van der Waals surface area contributed by atoms with Crippen molar-refractivity contribution in [2.45, 2.75) is 51.2 Å². The number of benzene rings is 2. The van der Waals surface area contributed by atoms with Crippen molar-refractivity contribution in [3.63, 3.8) is 0 Å². The summed E-state index contributed by atoms with van der Waals surface area (Å²) < 4.78 is 4.41. The fourth-order valence-corrected chi connectivity index (χ4v) is 5.22. The second-order valence-corrected chi connectivity index (χ2v) is 9.51. The van der Waals surface area contributed by atoms with Gasteiger partial charge in [0, 0.05) is 30.0 Å². The number of halogens is 1. The van der Waals surface area contributed by atoms with E-state index in [1.165, 1.54) is 0 Å². The van der Waals surface area contributed by atoms with E-state index in [0.29, 0.717) is 11.4 Å². The molecule has 170 valence electrons. The molecule has 0 saturated carbocycles. The number of carbonyl (C=O) groups excluding carboxylic acids is 1. The van der Waals surface area contributed by atoms with Crippen LogP contribution in [0.4, 0.5) is 0 Å². The van der Waals surface area contributed by atoms with Gasteiger partial charge in [-0.1, -0.05) is 35.9 Å². The molecule has 4 aromatic rings. The van der Waals surface area contributed by atoms with Crippen molar-refractivity contribution in [2.24, 2.45) is 0 Å². The second kappa shape index (κ2) is 9.06. The minimum atomic E-state index is -0.0741. The number of aromatic nitrogens is 3. The van der Waals surface area contributed by atoms with Gasteiger partial charge in [0.25, 0.3) is 0 Å². The molecule has 6 heteroatoms. The lowest BCUT2D eigenvalue weighted by atomic mass is 10.0. The molecule has 1 fully saturated rings. The largest absolute Gasteiger partial charge is 0.346 e. The summed E-state index contributed by atoms with van der Waals surface area (Å²) in [6.07, 6.45) is 6.37. The first-order chi connectivity index (χ1) is 16.0. The smallest absolute Gasteiger partial charge is 0.225 e. The van der Waals surface area contributed by atoms with Gasteiger partial charge >= 0.3 is 0 Å². The number of imidazole rings is 1. The first-order valence-corrected chi connectivity index (χ1v) is 12.0. The van der Waals surface area contributed by atoms with E-state index >= 15 is 0 Å². The summed E-state index contributed by atoms with van der Waals surface area (Å²) in [4.78, 5) is 20.8. The molecule has 5 rings (SSSR count). The maximum Gasteiger partial charge on any atom is 0.225 e. The Labute approximate surface area is 199 Å². The average Bonchev–Trinajstić information content (AvgIpc) is 3.57. The van der Waals surface area contributed by atoms with Gasteiger partial charge in [-0.15, -0.1) is 0 Å². The van der Waals surface area contributed by atoms with Crippen LogP contribution in [0.1, 0.15) is 62.6 Å². The van der Waals surface area contributed by atoms with E-state index in [0.717, 1.165) is 41.8 Å². The van der Waals surface area contributed by atoms with E-state index < -0.39 is 0 Å². The molecule has 1 aliphatic rings. The Morgan fingerprint density at radius 2 is 1.79 bits per heavy atom. The van der Waals surface area contributed by atoms with E-state index in [2.05, 4.69) is 41.2 Å². The molecule has 2 aromatic heterocycles. The molecule has 2 atom stereocenters. The van der Waals surface area contributed by atoms with Gasteiger partial charge in [-0.05, 0) is 68.7 Å². The lowest BCUT2D eigenvalue weighted by Crippen LogP contribution is -2.34. The van der Waals surface area contributed by atoms with E-state index in [-0.39, 0.29) is 24.0 Å². The number of para-hydroxylation sites is 2. The highest BCUT2D eigenvalue weighted by Gasteiger charge is 2.35. The predicted molar refractivity (Wildman–Crippen MR) is 132 cm³/mol. The van der Waals surface area contributed by atoms with Crippen LogP contribution in [-0.2, 0) is 4.79 Å². The van der Waals surface area contributed by atoms with Gasteiger partial charge in [-0.25, -0.2) is 4.98 Å². The Morgan fingerprint density at radius 3 is 2.52 bits per heavy atom. The summed E-state index contributed by atoms with van der Waals surface area (Å²) in [5, 5.41) is 0.698. The van der Waals surface area contributed by atoms with E-state index in [1.807, 2.05) is 59.8 Å². The van der Waals surface area contributed by atoms with E-state index in [4.69, 9.17) is 16.6 Å². The Bertz CT molecular complexity index is 1240. The molecule has 3 heterocycles. The standard InChI is InChI=1S/C27H29ClN4O/c1-19(2)32-23-9-4-3-8-22(23)29-27(32)24-10-7-17-31(24)26(33)18-25(30-15-5-6-16-30)20-11-13-21(28)14-12-20/h3-6,8-9,11-16,19,24-25H,7,10,17-18H2,1-2H3/t24-,25-/m0/s1. The van der Waals surface area contributed by atoms with Crippen LogP contribution in [0.25, 0.3) is 11.0 Å². The lowest BCUT2D eigenvalue weighted by molar-refractivity contribution is -0.132. The fraction of sp³-hybridized carbons (Fsp3) is 0.333. The zero-order chi connectivity index (χ0) is 22.9. The van der Waals surface area contributed by atoms with Crippen LogP contribution in [0.3, 0.4) is 0 Å². The topological polar surface area (TPSA) is 43.1 Å². The molecule has 5 nitrogen and oxygen atoms in total. The molecule has 0 spiro atoms. The second-order valence-electron chi connectivity index (χ2n) is 9.07. The molecule has 1 aliphatic heterocycles. The first-order valence-electron chi connectivity index (χ1n) is 11.7. The minimum Gasteiger partial charge on any atom is -0.346 e. The van der Waals surface area contributed by atoms with E-state index in [1.54, 1.807) is 0 Å². The summed E-state index contributed by atoms with van der Waals surface area (Å²) in [5.41, 5.74) is 3.20. The first kappa shape index (κ1) is 21.8. The molecule has 0 aliphatic carbocycles. The Hall–Kier alpha value is -3.05.